The van der Waals surface area contributed by atoms with Gasteiger partial charge < -0.3 is 10.2 Å². The predicted molar refractivity (Wildman–Crippen MR) is 78.1 cm³/mol. The maximum atomic E-state index is 5.87. The number of benzene rings is 2. The van der Waals surface area contributed by atoms with Crippen LogP contribution in [0.5, 0.6) is 0 Å². The summed E-state index contributed by atoms with van der Waals surface area (Å²) in [5, 5.41) is 0. The van der Waals surface area contributed by atoms with Crippen LogP contribution in [-0.2, 0) is 0 Å². The molecule has 0 fully saturated rings. The van der Waals surface area contributed by atoms with Gasteiger partial charge in [0, 0.05) is 11.3 Å². The number of fused-ring (bicyclic) bond motifs is 1. The van der Waals surface area contributed by atoms with E-state index in [-0.39, 0.29) is 0 Å². The molecule has 1 aromatic heterocycles. The first-order chi connectivity index (χ1) is 9.04. The van der Waals surface area contributed by atoms with Gasteiger partial charge in [0.1, 0.15) is 5.52 Å². The van der Waals surface area contributed by atoms with E-state index in [0.717, 1.165) is 22.2 Å². The van der Waals surface area contributed by atoms with Crippen molar-refractivity contribution in [2.24, 2.45) is 0 Å². The molecule has 0 radical (unpaired) electrons. The molecule has 2 aromatic carbocycles. The van der Waals surface area contributed by atoms with E-state index < -0.39 is 0 Å². The molecule has 96 valence electrons. The lowest BCUT2D eigenvalue weighted by Gasteiger charge is -2.01. The van der Waals surface area contributed by atoms with Crippen molar-refractivity contribution in [3.05, 3.63) is 47.0 Å². The van der Waals surface area contributed by atoms with Crippen molar-refractivity contribution in [1.29, 1.82) is 0 Å². The van der Waals surface area contributed by atoms with E-state index in [0.29, 0.717) is 11.6 Å². The molecular formula is C16H16N2O. The minimum atomic E-state index is 0.645. The molecule has 2 N–H and O–H groups in total. The quantitative estimate of drug-likeness (QED) is 0.666. The van der Waals surface area contributed by atoms with Crippen LogP contribution in [0.4, 0.5) is 5.69 Å². The predicted octanol–water partition coefficient (Wildman–Crippen LogP) is 4.00. The van der Waals surface area contributed by atoms with Crippen molar-refractivity contribution in [2.45, 2.75) is 20.8 Å². The minimum absolute atomic E-state index is 0.645. The third kappa shape index (κ3) is 1.97. The Morgan fingerprint density at radius 1 is 0.947 bits per heavy atom. The third-order valence-electron chi connectivity index (χ3n) is 3.45. The topological polar surface area (TPSA) is 52.0 Å². The summed E-state index contributed by atoms with van der Waals surface area (Å²) in [7, 11) is 0. The molecule has 3 heteroatoms. The van der Waals surface area contributed by atoms with Gasteiger partial charge in [-0.3, -0.25) is 0 Å². The number of nitrogen functional groups attached to an aromatic ring is 1. The van der Waals surface area contributed by atoms with Crippen molar-refractivity contribution in [2.75, 3.05) is 5.73 Å². The van der Waals surface area contributed by atoms with Crippen LogP contribution in [-0.4, -0.2) is 4.98 Å². The second kappa shape index (κ2) is 4.12. The highest BCUT2D eigenvalue weighted by Gasteiger charge is 2.11. The lowest BCUT2D eigenvalue weighted by Crippen LogP contribution is -1.85. The molecule has 0 saturated carbocycles. The molecule has 0 unspecified atom stereocenters. The lowest BCUT2D eigenvalue weighted by atomic mass is 10.1. The van der Waals surface area contributed by atoms with E-state index in [2.05, 4.69) is 31.0 Å². The summed E-state index contributed by atoms with van der Waals surface area (Å²) in [6, 6.07) is 9.96. The Labute approximate surface area is 112 Å². The molecule has 0 amide bonds. The zero-order chi connectivity index (χ0) is 13.6. The van der Waals surface area contributed by atoms with Gasteiger partial charge in [0.15, 0.2) is 5.58 Å². The molecule has 3 nitrogen and oxygen atoms in total. The number of oxazole rings is 1. The summed E-state index contributed by atoms with van der Waals surface area (Å²) in [6.45, 7) is 6.16. The van der Waals surface area contributed by atoms with Crippen molar-refractivity contribution in [1.82, 2.24) is 4.98 Å². The van der Waals surface area contributed by atoms with Crippen LogP contribution in [0.1, 0.15) is 16.7 Å². The van der Waals surface area contributed by atoms with Crippen molar-refractivity contribution in [3.63, 3.8) is 0 Å². The molecule has 0 spiro atoms. The maximum Gasteiger partial charge on any atom is 0.227 e. The molecule has 0 atom stereocenters. The molecule has 0 aliphatic carbocycles. The Hall–Kier alpha value is -2.29. The molecule has 3 aromatic rings. The molecular weight excluding hydrogens is 236 g/mol. The highest BCUT2D eigenvalue weighted by atomic mass is 16.3. The summed E-state index contributed by atoms with van der Waals surface area (Å²) in [5.41, 5.74) is 12.7. The van der Waals surface area contributed by atoms with E-state index in [9.17, 15) is 0 Å². The van der Waals surface area contributed by atoms with E-state index in [1.54, 1.807) is 0 Å². The van der Waals surface area contributed by atoms with Crippen molar-refractivity contribution in [3.8, 4) is 11.5 Å². The molecule has 19 heavy (non-hydrogen) atoms. The highest BCUT2D eigenvalue weighted by molar-refractivity contribution is 5.82. The third-order valence-corrected chi connectivity index (χ3v) is 3.45. The molecule has 0 aliphatic heterocycles. The summed E-state index contributed by atoms with van der Waals surface area (Å²) in [5.74, 6) is 0.645. The van der Waals surface area contributed by atoms with Crippen LogP contribution in [0, 0.1) is 20.8 Å². The van der Waals surface area contributed by atoms with E-state index in [4.69, 9.17) is 10.2 Å². The average Bonchev–Trinajstić information content (AvgIpc) is 2.76. The summed E-state index contributed by atoms with van der Waals surface area (Å²) < 4.78 is 5.87. The fourth-order valence-corrected chi connectivity index (χ4v) is 2.23. The normalized spacial score (nSPS) is 11.1. The van der Waals surface area contributed by atoms with Gasteiger partial charge in [-0.05, 0) is 61.7 Å². The summed E-state index contributed by atoms with van der Waals surface area (Å²) >= 11 is 0. The molecule has 0 aliphatic rings. The Kier molecular flexibility index (Phi) is 2.56. The fraction of sp³-hybridized carbons (Fsp3) is 0.188. The number of aryl methyl sites for hydroxylation is 3. The van der Waals surface area contributed by atoms with Gasteiger partial charge in [0.2, 0.25) is 5.89 Å². The maximum absolute atomic E-state index is 5.87. The summed E-state index contributed by atoms with van der Waals surface area (Å²) in [4.78, 5) is 4.53. The zero-order valence-electron chi connectivity index (χ0n) is 11.3. The van der Waals surface area contributed by atoms with Crippen LogP contribution >= 0.6 is 0 Å². The van der Waals surface area contributed by atoms with E-state index in [1.165, 1.54) is 11.1 Å². The second-order valence-corrected chi connectivity index (χ2v) is 5.00. The number of nitrogens with two attached hydrogens (primary N) is 1. The second-order valence-electron chi connectivity index (χ2n) is 5.00. The Balaban J connectivity index is 2.20. The molecule has 0 saturated heterocycles. The zero-order valence-corrected chi connectivity index (χ0v) is 11.3. The number of hydrogen-bond acceptors (Lipinski definition) is 3. The Morgan fingerprint density at radius 2 is 1.74 bits per heavy atom. The number of rotatable bonds is 1. The molecule has 0 bridgehead atoms. The van der Waals surface area contributed by atoms with Gasteiger partial charge in [-0.2, -0.15) is 0 Å². The van der Waals surface area contributed by atoms with Gasteiger partial charge in [0.05, 0.1) is 0 Å². The van der Waals surface area contributed by atoms with Gasteiger partial charge in [0.25, 0.3) is 0 Å². The summed E-state index contributed by atoms with van der Waals surface area (Å²) in [6.07, 6.45) is 0. The monoisotopic (exact) mass is 252 g/mol. The lowest BCUT2D eigenvalue weighted by molar-refractivity contribution is 0.617. The van der Waals surface area contributed by atoms with Crippen molar-refractivity contribution < 1.29 is 4.42 Å². The first kappa shape index (κ1) is 11.8. The molecule has 1 heterocycles. The van der Waals surface area contributed by atoms with Crippen LogP contribution in [0.15, 0.2) is 34.7 Å². The smallest absolute Gasteiger partial charge is 0.227 e. The van der Waals surface area contributed by atoms with Crippen LogP contribution < -0.4 is 5.73 Å². The average molecular weight is 252 g/mol. The van der Waals surface area contributed by atoms with E-state index in [1.807, 2.05) is 25.1 Å². The van der Waals surface area contributed by atoms with Gasteiger partial charge in [-0.15, -0.1) is 0 Å². The van der Waals surface area contributed by atoms with Crippen LogP contribution in [0.2, 0.25) is 0 Å². The molecule has 3 rings (SSSR count). The van der Waals surface area contributed by atoms with Crippen LogP contribution in [0.25, 0.3) is 22.6 Å². The van der Waals surface area contributed by atoms with Crippen LogP contribution in [0.3, 0.4) is 0 Å². The van der Waals surface area contributed by atoms with Gasteiger partial charge in [-0.25, -0.2) is 4.98 Å². The Bertz CT molecular complexity index is 772. The number of aromatic nitrogens is 1. The van der Waals surface area contributed by atoms with Gasteiger partial charge in [-0.1, -0.05) is 6.07 Å². The first-order valence-corrected chi connectivity index (χ1v) is 6.29. The van der Waals surface area contributed by atoms with E-state index >= 15 is 0 Å². The SMILES string of the molecule is Cc1ccc(-c2nc3cc(N)cc(C)c3o2)cc1C. The Morgan fingerprint density at radius 3 is 2.47 bits per heavy atom. The largest absolute Gasteiger partial charge is 0.436 e. The minimum Gasteiger partial charge on any atom is -0.436 e. The standard InChI is InChI=1S/C16H16N2O/c1-9-4-5-12(6-10(9)2)16-18-14-8-13(17)7-11(3)15(14)19-16/h4-8H,17H2,1-3H3. The highest BCUT2D eigenvalue weighted by Crippen LogP contribution is 2.28. The number of hydrogen-bond donors (Lipinski definition) is 1. The van der Waals surface area contributed by atoms with Gasteiger partial charge >= 0.3 is 0 Å². The number of nitrogens with zero attached hydrogens (tertiary/aromatic N) is 1. The number of anilines is 1. The fourth-order valence-electron chi connectivity index (χ4n) is 2.23. The first-order valence-electron chi connectivity index (χ1n) is 6.29. The van der Waals surface area contributed by atoms with Crippen molar-refractivity contribution >= 4 is 16.8 Å².